The molecule has 3 heteroatoms. The molecule has 0 atom stereocenters. The molecule has 0 saturated carbocycles. The van der Waals surface area contributed by atoms with Crippen molar-refractivity contribution in [2.24, 2.45) is 0 Å². The van der Waals surface area contributed by atoms with Crippen molar-refractivity contribution in [2.75, 3.05) is 17.3 Å². The predicted molar refractivity (Wildman–Crippen MR) is 53.8 cm³/mol. The van der Waals surface area contributed by atoms with Crippen molar-refractivity contribution in [2.45, 2.75) is 20.8 Å². The molecule has 0 saturated heterocycles. The van der Waals surface area contributed by atoms with Crippen LogP contribution >= 0.6 is 21.2 Å². The lowest BCUT2D eigenvalue weighted by molar-refractivity contribution is 0.671. The fourth-order valence-electron chi connectivity index (χ4n) is 0.612. The third-order valence-corrected chi connectivity index (χ3v) is 11.3. The Kier molecular flexibility index (Phi) is 3.14. The summed E-state index contributed by atoms with van der Waals surface area (Å²) in [5.41, 5.74) is 0. The molecular weight excluding hydrogens is 247 g/mol. The molecule has 0 aliphatic rings. The van der Waals surface area contributed by atoms with Gasteiger partial charge in [0.05, 0.1) is 0 Å². The second-order valence-corrected chi connectivity index (χ2v) is 13.4. The van der Waals surface area contributed by atoms with Crippen LogP contribution in [0.25, 0.3) is 0 Å². The van der Waals surface area contributed by atoms with E-state index in [9.17, 15) is 4.21 Å². The smallest absolute Gasteiger partial charge is 0.00901 e. The summed E-state index contributed by atoms with van der Waals surface area (Å²) in [6.07, 6.45) is -2.18. The van der Waals surface area contributed by atoms with Crippen LogP contribution in [0.15, 0.2) is 0 Å². The average Bonchev–Trinajstić information content (AvgIpc) is 1.90. The largest absolute Gasteiger partial charge is 0.273 e. The molecule has 0 unspecified atom stereocenters. The van der Waals surface area contributed by atoms with Gasteiger partial charge in [0.1, 0.15) is 0 Å². The maximum Gasteiger partial charge on any atom is 0.00901 e. The molecule has 0 radical (unpaired) electrons. The molecule has 0 aliphatic carbocycles. The van der Waals surface area contributed by atoms with Crippen molar-refractivity contribution >= 4 is 27.4 Å². The predicted octanol–water partition coefficient (Wildman–Crippen LogP) is 2.22. The summed E-state index contributed by atoms with van der Waals surface area (Å²) in [4.78, 5) is 0. The van der Waals surface area contributed by atoms with Crippen molar-refractivity contribution in [1.29, 1.82) is 0 Å². The lowest BCUT2D eigenvalue weighted by atomic mass is 10.9. The fraction of sp³-hybridized carbons (Fsp3) is 1.00. The minimum absolute atomic E-state index is 0.824. The summed E-state index contributed by atoms with van der Waals surface area (Å²) in [5, 5.41) is 0. The molecule has 0 spiro atoms. The third-order valence-electron chi connectivity index (χ3n) is 1.91. The van der Waals surface area contributed by atoms with Gasteiger partial charge in [-0.1, -0.05) is 20.8 Å². The zero-order chi connectivity index (χ0) is 7.57. The van der Waals surface area contributed by atoms with Gasteiger partial charge in [-0.2, -0.15) is 0 Å². The molecular formula is C6H15IOS. The molecule has 58 valence electrons. The molecule has 0 fully saturated rings. The van der Waals surface area contributed by atoms with Gasteiger partial charge >= 0.3 is 0 Å². The van der Waals surface area contributed by atoms with E-state index in [1.54, 1.807) is 0 Å². The van der Waals surface area contributed by atoms with Crippen molar-refractivity contribution < 1.29 is 4.21 Å². The topological polar surface area (TPSA) is 17.1 Å². The fourth-order valence-corrected chi connectivity index (χ4v) is 1.84. The van der Waals surface area contributed by atoms with Crippen molar-refractivity contribution in [3.8, 4) is 0 Å². The van der Waals surface area contributed by atoms with E-state index in [-0.39, 0.29) is 0 Å². The first kappa shape index (κ1) is 9.88. The Morgan fingerprint density at radius 3 is 1.33 bits per heavy atom. The summed E-state index contributed by atoms with van der Waals surface area (Å²) >= 11 is 2.15. The average molecular weight is 262 g/mol. The van der Waals surface area contributed by atoms with Crippen LogP contribution in [0, 0.1) is 0 Å². The van der Waals surface area contributed by atoms with Gasteiger partial charge in [-0.3, -0.25) is 4.21 Å². The highest BCUT2D eigenvalue weighted by molar-refractivity contribution is 14.2. The standard InChI is InChI=1S/C6H15IOS/c1-4-9(7,8,5-2)6-3/h4-6H2,1-3H3. The maximum absolute atomic E-state index is 11.9. The quantitative estimate of drug-likeness (QED) is 0.563. The number of rotatable bonds is 3. The second-order valence-electron chi connectivity index (χ2n) is 2.22. The Hall–Kier alpha value is 0.880. The summed E-state index contributed by atoms with van der Waals surface area (Å²) in [5.74, 6) is 2.47. The molecule has 0 aromatic carbocycles. The molecule has 0 aromatic heterocycles. The number of halogens is 1. The van der Waals surface area contributed by atoms with Crippen molar-refractivity contribution in [3.05, 3.63) is 0 Å². The highest BCUT2D eigenvalue weighted by Crippen LogP contribution is 2.33. The summed E-state index contributed by atoms with van der Waals surface area (Å²) in [6, 6.07) is 0. The van der Waals surface area contributed by atoms with Crippen LogP contribution in [0.3, 0.4) is 0 Å². The van der Waals surface area contributed by atoms with Gasteiger partial charge in [0.2, 0.25) is 0 Å². The van der Waals surface area contributed by atoms with Gasteiger partial charge in [0, 0.05) is 38.5 Å². The molecule has 0 amide bonds. The first-order valence-electron chi connectivity index (χ1n) is 3.31. The summed E-state index contributed by atoms with van der Waals surface area (Å²) < 4.78 is 11.9. The Morgan fingerprint density at radius 2 is 1.33 bits per heavy atom. The Labute approximate surface area is 69.6 Å². The van der Waals surface area contributed by atoms with E-state index in [0.29, 0.717) is 0 Å². The Morgan fingerprint density at radius 1 is 1.11 bits per heavy atom. The summed E-state index contributed by atoms with van der Waals surface area (Å²) in [6.45, 7) is 6.02. The summed E-state index contributed by atoms with van der Waals surface area (Å²) in [7, 11) is 0. The van der Waals surface area contributed by atoms with Crippen LogP contribution in [0.5, 0.6) is 0 Å². The Balaban J connectivity index is 4.42. The Bertz CT molecular complexity index is 131. The minimum atomic E-state index is -2.18. The maximum atomic E-state index is 11.9. The second kappa shape index (κ2) is 2.86. The molecule has 9 heavy (non-hydrogen) atoms. The van der Waals surface area contributed by atoms with Gasteiger partial charge in [0.25, 0.3) is 0 Å². The molecule has 0 N–H and O–H groups in total. The van der Waals surface area contributed by atoms with Crippen molar-refractivity contribution in [1.82, 2.24) is 0 Å². The highest BCUT2D eigenvalue weighted by atomic mass is 127. The van der Waals surface area contributed by atoms with E-state index >= 15 is 0 Å². The minimum Gasteiger partial charge on any atom is -0.273 e. The van der Waals surface area contributed by atoms with Crippen molar-refractivity contribution in [3.63, 3.8) is 0 Å². The normalized spacial score (nSPS) is 16.7. The third kappa shape index (κ3) is 2.53. The van der Waals surface area contributed by atoms with E-state index < -0.39 is 6.24 Å². The lowest BCUT2D eigenvalue weighted by Gasteiger charge is -2.31. The first-order valence-corrected chi connectivity index (χ1v) is 8.32. The van der Waals surface area contributed by atoms with E-state index in [0.717, 1.165) is 17.3 Å². The SMILES string of the molecule is CCS(=O)(I)(CC)CC. The highest BCUT2D eigenvalue weighted by Gasteiger charge is 2.26. The monoisotopic (exact) mass is 262 g/mol. The molecule has 0 bridgehead atoms. The number of hydrogen-bond donors (Lipinski definition) is 0. The van der Waals surface area contributed by atoms with Gasteiger partial charge in [0.15, 0.2) is 0 Å². The van der Waals surface area contributed by atoms with Crippen LogP contribution in [0.1, 0.15) is 20.8 Å². The van der Waals surface area contributed by atoms with E-state index in [4.69, 9.17) is 0 Å². The van der Waals surface area contributed by atoms with Gasteiger partial charge in [-0.05, 0) is 6.24 Å². The van der Waals surface area contributed by atoms with Gasteiger partial charge in [-0.25, -0.2) is 0 Å². The molecule has 1 nitrogen and oxygen atoms in total. The molecule has 0 heterocycles. The van der Waals surface area contributed by atoms with E-state index in [2.05, 4.69) is 21.2 Å². The van der Waals surface area contributed by atoms with Crippen LogP contribution in [0.2, 0.25) is 0 Å². The van der Waals surface area contributed by atoms with Gasteiger partial charge < -0.3 is 0 Å². The van der Waals surface area contributed by atoms with Crippen LogP contribution < -0.4 is 0 Å². The van der Waals surface area contributed by atoms with Crippen LogP contribution in [-0.2, 0) is 6.24 Å². The zero-order valence-electron chi connectivity index (χ0n) is 6.32. The molecule has 0 rings (SSSR count). The molecule has 0 aliphatic heterocycles. The van der Waals surface area contributed by atoms with Gasteiger partial charge in [-0.15, -0.1) is 0 Å². The van der Waals surface area contributed by atoms with E-state index in [1.807, 2.05) is 20.8 Å². The molecule has 0 aromatic rings. The van der Waals surface area contributed by atoms with Crippen LogP contribution in [0.4, 0.5) is 0 Å². The number of hydrogen-bond acceptors (Lipinski definition) is 1. The first-order chi connectivity index (χ1) is 3.96. The lowest BCUT2D eigenvalue weighted by Crippen LogP contribution is -2.32. The van der Waals surface area contributed by atoms with E-state index in [1.165, 1.54) is 0 Å². The van der Waals surface area contributed by atoms with Crippen LogP contribution in [-0.4, -0.2) is 21.5 Å². The zero-order valence-corrected chi connectivity index (χ0v) is 9.29.